The first-order valence-electron chi connectivity index (χ1n) is 10.8. The molecule has 2 aromatic rings. The molecule has 0 aliphatic carbocycles. The maximum Gasteiger partial charge on any atom is 0.265 e. The van der Waals surface area contributed by atoms with E-state index in [-0.39, 0.29) is 36.6 Å². The molecule has 0 saturated carbocycles. The third-order valence-corrected chi connectivity index (χ3v) is 6.54. The summed E-state index contributed by atoms with van der Waals surface area (Å²) < 4.78 is 12.0. The Labute approximate surface area is 181 Å². The highest BCUT2D eigenvalue weighted by Crippen LogP contribution is 2.44. The van der Waals surface area contributed by atoms with E-state index in [1.165, 1.54) is 4.90 Å². The second-order valence-corrected chi connectivity index (χ2v) is 8.69. The number of nitrogens with one attached hydrogen (secondary N) is 1. The van der Waals surface area contributed by atoms with E-state index >= 15 is 0 Å². The third kappa shape index (κ3) is 3.85. The molecular weight excluding hydrogens is 394 g/mol. The Bertz CT molecular complexity index is 1000. The lowest BCUT2D eigenvalue weighted by atomic mass is 9.80. The van der Waals surface area contributed by atoms with Crippen molar-refractivity contribution in [1.29, 1.82) is 0 Å². The number of anilines is 1. The van der Waals surface area contributed by atoms with Gasteiger partial charge in [-0.1, -0.05) is 30.3 Å². The van der Waals surface area contributed by atoms with Crippen LogP contribution in [-0.4, -0.2) is 55.6 Å². The Morgan fingerprint density at radius 1 is 1.10 bits per heavy atom. The fourth-order valence-corrected chi connectivity index (χ4v) is 4.79. The second-order valence-electron chi connectivity index (χ2n) is 8.69. The molecule has 3 aliphatic heterocycles. The number of rotatable bonds is 3. The molecule has 0 aromatic heterocycles. The lowest BCUT2D eigenvalue weighted by Crippen LogP contribution is -2.52. The lowest BCUT2D eigenvalue weighted by molar-refractivity contribution is -0.126. The van der Waals surface area contributed by atoms with Crippen molar-refractivity contribution in [2.24, 2.45) is 0 Å². The minimum absolute atomic E-state index is 0.0333. The molecule has 2 amide bonds. The first-order valence-corrected chi connectivity index (χ1v) is 10.8. The van der Waals surface area contributed by atoms with Gasteiger partial charge in [-0.25, -0.2) is 0 Å². The zero-order valence-electron chi connectivity index (χ0n) is 17.7. The number of likely N-dealkylation sites (tertiary alicyclic amines) is 1. The van der Waals surface area contributed by atoms with Crippen LogP contribution in [0.1, 0.15) is 30.9 Å². The molecule has 1 fully saturated rings. The number of ether oxygens (including phenoxy) is 2. The Morgan fingerprint density at radius 2 is 1.81 bits per heavy atom. The smallest absolute Gasteiger partial charge is 0.265 e. The molecule has 0 radical (unpaired) electrons. The van der Waals surface area contributed by atoms with Crippen molar-refractivity contribution in [3.8, 4) is 11.5 Å². The zero-order chi connectivity index (χ0) is 21.4. The molecule has 0 bridgehead atoms. The molecule has 1 unspecified atom stereocenters. The molecule has 3 heterocycles. The van der Waals surface area contributed by atoms with Gasteiger partial charge < -0.3 is 19.7 Å². The van der Waals surface area contributed by atoms with E-state index in [0.717, 1.165) is 43.7 Å². The minimum Gasteiger partial charge on any atom is -0.487 e. The molecule has 1 atom stereocenters. The van der Waals surface area contributed by atoms with Crippen molar-refractivity contribution >= 4 is 17.5 Å². The number of carbonyl (C=O) groups is 2. The largest absolute Gasteiger partial charge is 0.487 e. The van der Waals surface area contributed by atoms with Gasteiger partial charge in [0.05, 0.1) is 11.7 Å². The number of hydrogen-bond acceptors (Lipinski definition) is 5. The van der Waals surface area contributed by atoms with Crippen LogP contribution in [0, 0.1) is 0 Å². The quantitative estimate of drug-likeness (QED) is 0.825. The van der Waals surface area contributed by atoms with Gasteiger partial charge in [-0.05, 0) is 38.1 Å². The van der Waals surface area contributed by atoms with E-state index in [9.17, 15) is 9.59 Å². The number of benzene rings is 2. The molecule has 1 spiro atoms. The first kappa shape index (κ1) is 19.9. The van der Waals surface area contributed by atoms with Crippen molar-refractivity contribution in [3.05, 3.63) is 54.1 Å². The Morgan fingerprint density at radius 3 is 2.61 bits per heavy atom. The number of carbonyl (C=O) groups excluding carboxylic acids is 2. The fraction of sp³-hybridized carbons (Fsp3) is 0.417. The molecule has 162 valence electrons. The van der Waals surface area contributed by atoms with Crippen LogP contribution in [-0.2, 0) is 9.59 Å². The van der Waals surface area contributed by atoms with Crippen LogP contribution in [0.25, 0.3) is 0 Å². The van der Waals surface area contributed by atoms with Crippen LogP contribution >= 0.6 is 0 Å². The summed E-state index contributed by atoms with van der Waals surface area (Å²) in [7, 11) is 2.13. The summed E-state index contributed by atoms with van der Waals surface area (Å²) in [4.78, 5) is 29.3. The molecular formula is C24H27N3O4. The average molecular weight is 421 g/mol. The van der Waals surface area contributed by atoms with Crippen LogP contribution in [0.4, 0.5) is 5.69 Å². The zero-order valence-corrected chi connectivity index (χ0v) is 17.7. The van der Waals surface area contributed by atoms with E-state index in [4.69, 9.17) is 9.47 Å². The number of para-hydroxylation sites is 3. The standard InChI is InChI=1S/C24H27N3O4/c1-26-12-10-24(11-13-26)14-18(17-6-2-4-8-20(17)31-24)25-22(28)15-27-19-7-3-5-9-21(19)30-16-23(27)29/h2-9,18H,10-16H2,1H3,(H,25,28). The summed E-state index contributed by atoms with van der Waals surface area (Å²) in [5, 5.41) is 3.19. The fourth-order valence-electron chi connectivity index (χ4n) is 4.79. The van der Waals surface area contributed by atoms with Gasteiger partial charge in [0, 0.05) is 25.1 Å². The van der Waals surface area contributed by atoms with E-state index in [1.807, 2.05) is 42.5 Å². The van der Waals surface area contributed by atoms with Gasteiger partial charge in [-0.2, -0.15) is 0 Å². The van der Waals surface area contributed by atoms with Gasteiger partial charge in [0.25, 0.3) is 5.91 Å². The highest BCUT2D eigenvalue weighted by atomic mass is 16.5. The van der Waals surface area contributed by atoms with Crippen molar-refractivity contribution in [2.75, 3.05) is 38.2 Å². The SMILES string of the molecule is CN1CCC2(CC1)CC(NC(=O)CN1C(=O)COc3ccccc31)c1ccccc1O2. The maximum absolute atomic E-state index is 13.1. The van der Waals surface area contributed by atoms with Gasteiger partial charge in [0.1, 0.15) is 23.6 Å². The monoisotopic (exact) mass is 421 g/mol. The molecule has 1 saturated heterocycles. The molecule has 2 aromatic carbocycles. The molecule has 31 heavy (non-hydrogen) atoms. The molecule has 1 N–H and O–H groups in total. The molecule has 7 heteroatoms. The molecule has 5 rings (SSSR count). The van der Waals surface area contributed by atoms with Gasteiger partial charge in [-0.3, -0.25) is 14.5 Å². The predicted octanol–water partition coefficient (Wildman–Crippen LogP) is 2.52. The Hall–Kier alpha value is -3.06. The summed E-state index contributed by atoms with van der Waals surface area (Å²) in [6.07, 6.45) is 2.59. The van der Waals surface area contributed by atoms with Crippen LogP contribution in [0.15, 0.2) is 48.5 Å². The van der Waals surface area contributed by atoms with E-state index < -0.39 is 0 Å². The number of amides is 2. The lowest BCUT2D eigenvalue weighted by Gasteiger charge is -2.46. The number of piperidine rings is 1. The molecule has 3 aliphatic rings. The van der Waals surface area contributed by atoms with Crippen LogP contribution in [0.2, 0.25) is 0 Å². The summed E-state index contributed by atoms with van der Waals surface area (Å²) in [6.45, 7) is 1.86. The number of nitrogens with zero attached hydrogens (tertiary/aromatic N) is 2. The third-order valence-electron chi connectivity index (χ3n) is 6.54. The summed E-state index contributed by atoms with van der Waals surface area (Å²) in [5.74, 6) is 1.07. The topological polar surface area (TPSA) is 71.1 Å². The Balaban J connectivity index is 1.35. The maximum atomic E-state index is 13.1. The normalized spacial score (nSPS) is 22.2. The van der Waals surface area contributed by atoms with Gasteiger partial charge in [0.2, 0.25) is 5.91 Å². The molecule has 7 nitrogen and oxygen atoms in total. The van der Waals surface area contributed by atoms with Crippen LogP contribution < -0.4 is 19.7 Å². The summed E-state index contributed by atoms with van der Waals surface area (Å²) in [6, 6.07) is 15.1. The van der Waals surface area contributed by atoms with Crippen molar-refractivity contribution in [3.63, 3.8) is 0 Å². The van der Waals surface area contributed by atoms with Crippen LogP contribution in [0.3, 0.4) is 0 Å². The first-order chi connectivity index (χ1) is 15.0. The van der Waals surface area contributed by atoms with E-state index in [0.29, 0.717) is 11.4 Å². The van der Waals surface area contributed by atoms with Gasteiger partial charge in [-0.15, -0.1) is 0 Å². The number of fused-ring (bicyclic) bond motifs is 2. The summed E-state index contributed by atoms with van der Waals surface area (Å²) in [5.41, 5.74) is 1.36. The average Bonchev–Trinajstić information content (AvgIpc) is 2.78. The number of hydrogen-bond donors (Lipinski definition) is 1. The highest BCUT2D eigenvalue weighted by Gasteiger charge is 2.43. The van der Waals surface area contributed by atoms with Gasteiger partial charge >= 0.3 is 0 Å². The van der Waals surface area contributed by atoms with Crippen LogP contribution in [0.5, 0.6) is 11.5 Å². The van der Waals surface area contributed by atoms with E-state index in [1.54, 1.807) is 6.07 Å². The van der Waals surface area contributed by atoms with Gasteiger partial charge in [0.15, 0.2) is 6.61 Å². The highest BCUT2D eigenvalue weighted by molar-refractivity contribution is 6.02. The predicted molar refractivity (Wildman–Crippen MR) is 116 cm³/mol. The Kier molecular flexibility index (Phi) is 5.06. The van der Waals surface area contributed by atoms with Crippen molar-refractivity contribution in [1.82, 2.24) is 10.2 Å². The second kappa shape index (κ2) is 7.89. The minimum atomic E-state index is -0.264. The summed E-state index contributed by atoms with van der Waals surface area (Å²) >= 11 is 0. The van der Waals surface area contributed by atoms with Crippen molar-refractivity contribution in [2.45, 2.75) is 30.9 Å². The van der Waals surface area contributed by atoms with Crippen molar-refractivity contribution < 1.29 is 19.1 Å². The van der Waals surface area contributed by atoms with E-state index in [2.05, 4.69) is 17.3 Å².